The molecule has 0 spiro atoms. The smallest absolute Gasteiger partial charge is 0.213 e. The molecule has 0 aliphatic heterocycles. The van der Waals surface area contributed by atoms with E-state index in [1.54, 1.807) is 12.1 Å². The molecule has 2 aromatic carbocycles. The van der Waals surface area contributed by atoms with E-state index in [0.717, 1.165) is 42.0 Å². The summed E-state index contributed by atoms with van der Waals surface area (Å²) in [7, 11) is 0. The maximum atomic E-state index is 15.0. The van der Waals surface area contributed by atoms with Gasteiger partial charge in [0.15, 0.2) is 11.6 Å². The van der Waals surface area contributed by atoms with Crippen molar-refractivity contribution in [2.45, 2.75) is 71.6 Å². The van der Waals surface area contributed by atoms with Gasteiger partial charge in [-0.25, -0.2) is 9.37 Å². The maximum absolute atomic E-state index is 15.0. The summed E-state index contributed by atoms with van der Waals surface area (Å²) in [6.45, 7) is 5.58. The van der Waals surface area contributed by atoms with Crippen LogP contribution in [0.1, 0.15) is 71.6 Å². The van der Waals surface area contributed by atoms with E-state index < -0.39 is 0 Å². The predicted molar refractivity (Wildman–Crippen MR) is 123 cm³/mol. The molecule has 0 atom stereocenters. The Hall–Kier alpha value is -2.36. The van der Waals surface area contributed by atoms with Crippen molar-refractivity contribution < 1.29 is 13.9 Å². The minimum Gasteiger partial charge on any atom is -0.490 e. The lowest BCUT2D eigenvalue weighted by molar-refractivity contribution is 0.291. The maximum Gasteiger partial charge on any atom is 0.213 e. The lowest BCUT2D eigenvalue weighted by Crippen LogP contribution is -2.00. The van der Waals surface area contributed by atoms with Crippen molar-refractivity contribution in [2.24, 2.45) is 0 Å². The van der Waals surface area contributed by atoms with Crippen LogP contribution in [-0.4, -0.2) is 18.2 Å². The van der Waals surface area contributed by atoms with Crippen molar-refractivity contribution >= 4 is 21.7 Å². The van der Waals surface area contributed by atoms with E-state index >= 15 is 4.39 Å². The molecular weight excluding hydrogens is 377 g/mol. The van der Waals surface area contributed by atoms with Gasteiger partial charge in [-0.2, -0.15) is 0 Å². The van der Waals surface area contributed by atoms with Crippen molar-refractivity contribution in [3.05, 3.63) is 42.2 Å². The molecular formula is C26H34FNO2. The fourth-order valence-electron chi connectivity index (χ4n) is 3.70. The molecule has 0 bridgehead atoms. The van der Waals surface area contributed by atoms with Gasteiger partial charge in [0.2, 0.25) is 5.88 Å². The van der Waals surface area contributed by atoms with Gasteiger partial charge in [-0.1, -0.05) is 58.8 Å². The Balaban J connectivity index is 1.64. The molecule has 0 radical (unpaired) electrons. The number of pyridine rings is 1. The first-order valence-electron chi connectivity index (χ1n) is 11.5. The highest BCUT2D eigenvalue weighted by Gasteiger charge is 2.12. The fourth-order valence-corrected chi connectivity index (χ4v) is 3.70. The molecule has 162 valence electrons. The minimum atomic E-state index is -0.291. The summed E-state index contributed by atoms with van der Waals surface area (Å²) in [4.78, 5) is 4.57. The van der Waals surface area contributed by atoms with E-state index in [1.165, 1.54) is 32.1 Å². The Morgan fingerprint density at radius 1 is 0.667 bits per heavy atom. The SMILES string of the molecule is CCCCCCCCCOc1ccc2c(ccc3nc(OCCCC)ccc32)c1F. The van der Waals surface area contributed by atoms with Crippen LogP contribution in [0.2, 0.25) is 0 Å². The zero-order chi connectivity index (χ0) is 21.2. The molecule has 0 saturated heterocycles. The van der Waals surface area contributed by atoms with E-state index in [4.69, 9.17) is 9.47 Å². The van der Waals surface area contributed by atoms with Crippen LogP contribution in [0.15, 0.2) is 36.4 Å². The van der Waals surface area contributed by atoms with Gasteiger partial charge in [-0.05, 0) is 48.6 Å². The number of benzene rings is 2. The molecule has 3 rings (SSSR count). The first-order chi connectivity index (χ1) is 14.7. The van der Waals surface area contributed by atoms with Gasteiger partial charge in [0.25, 0.3) is 0 Å². The molecule has 3 aromatic rings. The van der Waals surface area contributed by atoms with E-state index in [0.29, 0.717) is 30.2 Å². The van der Waals surface area contributed by atoms with Crippen molar-refractivity contribution in [1.82, 2.24) is 4.98 Å². The third-order valence-corrected chi connectivity index (χ3v) is 5.49. The highest BCUT2D eigenvalue weighted by atomic mass is 19.1. The number of rotatable bonds is 13. The van der Waals surface area contributed by atoms with Crippen LogP contribution in [0.4, 0.5) is 4.39 Å². The monoisotopic (exact) mass is 411 g/mol. The molecule has 0 aliphatic rings. The number of fused-ring (bicyclic) bond motifs is 3. The second-order valence-electron chi connectivity index (χ2n) is 7.93. The number of unbranched alkanes of at least 4 members (excludes halogenated alkanes) is 7. The zero-order valence-electron chi connectivity index (χ0n) is 18.4. The second kappa shape index (κ2) is 11.7. The summed E-state index contributed by atoms with van der Waals surface area (Å²) in [6.07, 6.45) is 10.6. The Morgan fingerprint density at radius 3 is 2.13 bits per heavy atom. The van der Waals surface area contributed by atoms with E-state index in [-0.39, 0.29) is 5.82 Å². The van der Waals surface area contributed by atoms with Gasteiger partial charge in [-0.15, -0.1) is 0 Å². The number of hydrogen-bond acceptors (Lipinski definition) is 3. The second-order valence-corrected chi connectivity index (χ2v) is 7.93. The summed E-state index contributed by atoms with van der Waals surface area (Å²) in [5.74, 6) is 0.659. The van der Waals surface area contributed by atoms with E-state index in [2.05, 4.69) is 18.8 Å². The molecule has 0 fully saturated rings. The standard InChI is InChI=1S/C26H34FNO2/c1-3-5-7-8-9-10-11-19-29-24-16-13-20-21-14-17-25(30-18-6-4-2)28-23(21)15-12-22(20)26(24)27/h12-17H,3-11,18-19H2,1-2H3. The molecule has 1 aromatic heterocycles. The Kier molecular flexibility index (Phi) is 8.73. The average molecular weight is 412 g/mol. The predicted octanol–water partition coefficient (Wildman–Crippen LogP) is 7.84. The molecule has 0 unspecified atom stereocenters. The number of aromatic nitrogens is 1. The third-order valence-electron chi connectivity index (χ3n) is 5.49. The largest absolute Gasteiger partial charge is 0.490 e. The quantitative estimate of drug-likeness (QED) is 0.212. The van der Waals surface area contributed by atoms with Crippen LogP contribution in [0.3, 0.4) is 0 Å². The lowest BCUT2D eigenvalue weighted by atomic mass is 10.0. The number of hydrogen-bond donors (Lipinski definition) is 0. The van der Waals surface area contributed by atoms with Gasteiger partial charge < -0.3 is 9.47 Å². The van der Waals surface area contributed by atoms with E-state index in [1.807, 2.05) is 24.3 Å². The van der Waals surface area contributed by atoms with Crippen molar-refractivity contribution in [3.8, 4) is 11.6 Å². The zero-order valence-corrected chi connectivity index (χ0v) is 18.4. The van der Waals surface area contributed by atoms with Crippen LogP contribution in [0, 0.1) is 5.82 Å². The molecule has 30 heavy (non-hydrogen) atoms. The summed E-state index contributed by atoms with van der Waals surface area (Å²) >= 11 is 0. The highest BCUT2D eigenvalue weighted by molar-refractivity contribution is 6.06. The van der Waals surface area contributed by atoms with Crippen LogP contribution < -0.4 is 9.47 Å². The average Bonchev–Trinajstić information content (AvgIpc) is 2.76. The topological polar surface area (TPSA) is 31.4 Å². The molecule has 0 aliphatic carbocycles. The molecule has 0 amide bonds. The highest BCUT2D eigenvalue weighted by Crippen LogP contribution is 2.32. The van der Waals surface area contributed by atoms with Crippen LogP contribution >= 0.6 is 0 Å². The van der Waals surface area contributed by atoms with Crippen LogP contribution in [0.5, 0.6) is 11.6 Å². The third kappa shape index (κ3) is 5.84. The Bertz CT molecular complexity index is 941. The number of nitrogens with zero attached hydrogens (tertiary/aromatic N) is 1. The van der Waals surface area contributed by atoms with Gasteiger partial charge in [-0.3, -0.25) is 0 Å². The summed E-state index contributed by atoms with van der Waals surface area (Å²) in [6, 6.07) is 11.1. The summed E-state index contributed by atoms with van der Waals surface area (Å²) < 4.78 is 26.5. The normalized spacial score (nSPS) is 11.3. The lowest BCUT2D eigenvalue weighted by Gasteiger charge is -2.11. The first-order valence-corrected chi connectivity index (χ1v) is 11.5. The molecule has 1 heterocycles. The van der Waals surface area contributed by atoms with Crippen LogP contribution in [0.25, 0.3) is 21.7 Å². The van der Waals surface area contributed by atoms with Gasteiger partial charge in [0.05, 0.1) is 18.7 Å². The van der Waals surface area contributed by atoms with Crippen LogP contribution in [-0.2, 0) is 0 Å². The fraction of sp³-hybridized carbons (Fsp3) is 0.500. The van der Waals surface area contributed by atoms with Crippen molar-refractivity contribution in [1.29, 1.82) is 0 Å². The Labute approximate surface area is 179 Å². The van der Waals surface area contributed by atoms with Gasteiger partial charge in [0, 0.05) is 16.8 Å². The van der Waals surface area contributed by atoms with Gasteiger partial charge >= 0.3 is 0 Å². The summed E-state index contributed by atoms with van der Waals surface area (Å²) in [5.41, 5.74) is 0.813. The Morgan fingerprint density at radius 2 is 1.33 bits per heavy atom. The summed E-state index contributed by atoms with van der Waals surface area (Å²) in [5, 5.41) is 2.34. The van der Waals surface area contributed by atoms with Crippen molar-refractivity contribution in [3.63, 3.8) is 0 Å². The first kappa shape index (κ1) is 22.3. The molecule has 4 heteroatoms. The minimum absolute atomic E-state index is 0.291. The van der Waals surface area contributed by atoms with E-state index in [9.17, 15) is 0 Å². The molecule has 0 saturated carbocycles. The van der Waals surface area contributed by atoms with Crippen molar-refractivity contribution in [2.75, 3.05) is 13.2 Å². The van der Waals surface area contributed by atoms with Gasteiger partial charge in [0.1, 0.15) is 0 Å². The molecule has 0 N–H and O–H groups in total. The molecule has 3 nitrogen and oxygen atoms in total. The number of halogens is 1. The number of ether oxygens (including phenoxy) is 2.